The summed E-state index contributed by atoms with van der Waals surface area (Å²) in [5.74, 6) is -0.326. The molecule has 23 heavy (non-hydrogen) atoms. The number of amides is 1. The molecule has 0 spiro atoms. The maximum absolute atomic E-state index is 14.4. The summed E-state index contributed by atoms with van der Waals surface area (Å²) in [7, 11) is 0. The summed E-state index contributed by atoms with van der Waals surface area (Å²) in [6.07, 6.45) is 4.00. The van der Waals surface area contributed by atoms with Crippen LogP contribution in [0, 0.1) is 11.7 Å². The molecule has 0 saturated carbocycles. The van der Waals surface area contributed by atoms with Crippen LogP contribution in [0.5, 0.6) is 0 Å². The molecule has 0 aliphatic carbocycles. The number of benzene rings is 1. The number of aliphatic hydroxyl groups is 1. The maximum Gasteiger partial charge on any atom is 0.254 e. The number of hydrogen-bond donors (Lipinski definition) is 1. The monoisotopic (exact) mass is 320 g/mol. The normalized spacial score (nSPS) is 25.0. The molecule has 2 saturated heterocycles. The van der Waals surface area contributed by atoms with E-state index in [0.29, 0.717) is 17.8 Å². The summed E-state index contributed by atoms with van der Waals surface area (Å²) in [5.41, 5.74) is 0.995. The fourth-order valence-electron chi connectivity index (χ4n) is 3.63. The Kier molecular flexibility index (Phi) is 4.85. The molecule has 2 aliphatic heterocycles. The second-order valence-corrected chi connectivity index (χ2v) is 6.79. The van der Waals surface area contributed by atoms with Crippen molar-refractivity contribution < 1.29 is 14.3 Å². The van der Waals surface area contributed by atoms with Crippen LogP contribution in [0.4, 0.5) is 10.1 Å². The lowest BCUT2D eigenvalue weighted by molar-refractivity contribution is 0.0488. The van der Waals surface area contributed by atoms with E-state index in [1.807, 2.05) is 11.8 Å². The SMILES string of the molecule is CC1CCC(CO)CN1C(=O)c1ccc(N2CCCC2)c(F)c1. The van der Waals surface area contributed by atoms with Crippen LogP contribution in [0.3, 0.4) is 0 Å². The minimum atomic E-state index is -0.318. The first-order chi connectivity index (χ1) is 11.1. The fourth-order valence-corrected chi connectivity index (χ4v) is 3.63. The van der Waals surface area contributed by atoms with Gasteiger partial charge in [-0.25, -0.2) is 4.39 Å². The summed E-state index contributed by atoms with van der Waals surface area (Å²) < 4.78 is 14.4. The first-order valence-corrected chi connectivity index (χ1v) is 8.56. The molecule has 2 fully saturated rings. The minimum absolute atomic E-state index is 0.0960. The number of rotatable bonds is 3. The van der Waals surface area contributed by atoms with E-state index in [4.69, 9.17) is 0 Å². The Morgan fingerprint density at radius 1 is 1.30 bits per heavy atom. The largest absolute Gasteiger partial charge is 0.396 e. The first-order valence-electron chi connectivity index (χ1n) is 8.56. The quantitative estimate of drug-likeness (QED) is 0.931. The van der Waals surface area contributed by atoms with Gasteiger partial charge in [0.25, 0.3) is 5.91 Å². The van der Waals surface area contributed by atoms with Crippen LogP contribution in [0.1, 0.15) is 43.0 Å². The molecule has 1 amide bonds. The number of hydrogen-bond acceptors (Lipinski definition) is 3. The van der Waals surface area contributed by atoms with Gasteiger partial charge in [-0.05, 0) is 56.7 Å². The highest BCUT2D eigenvalue weighted by molar-refractivity contribution is 5.95. The molecule has 4 nitrogen and oxygen atoms in total. The van der Waals surface area contributed by atoms with Gasteiger partial charge >= 0.3 is 0 Å². The molecule has 1 aromatic carbocycles. The predicted molar refractivity (Wildman–Crippen MR) is 88.2 cm³/mol. The molecule has 2 heterocycles. The van der Waals surface area contributed by atoms with Crippen molar-refractivity contribution in [3.05, 3.63) is 29.6 Å². The molecule has 126 valence electrons. The van der Waals surface area contributed by atoms with Crippen LogP contribution in [-0.4, -0.2) is 48.2 Å². The molecule has 2 atom stereocenters. The van der Waals surface area contributed by atoms with E-state index in [1.54, 1.807) is 17.0 Å². The second-order valence-electron chi connectivity index (χ2n) is 6.79. The number of anilines is 1. The minimum Gasteiger partial charge on any atom is -0.396 e. The van der Waals surface area contributed by atoms with Crippen molar-refractivity contribution in [1.82, 2.24) is 4.90 Å². The maximum atomic E-state index is 14.4. The van der Waals surface area contributed by atoms with Gasteiger partial charge in [0.15, 0.2) is 0 Å². The van der Waals surface area contributed by atoms with E-state index in [2.05, 4.69) is 0 Å². The summed E-state index contributed by atoms with van der Waals surface area (Å²) in [6.45, 7) is 4.42. The molecule has 5 heteroatoms. The van der Waals surface area contributed by atoms with Crippen molar-refractivity contribution in [1.29, 1.82) is 0 Å². The van der Waals surface area contributed by atoms with Crippen LogP contribution >= 0.6 is 0 Å². The lowest BCUT2D eigenvalue weighted by Gasteiger charge is -2.37. The Morgan fingerprint density at radius 3 is 2.70 bits per heavy atom. The molecule has 1 aromatic rings. The van der Waals surface area contributed by atoms with E-state index in [1.165, 1.54) is 6.07 Å². The standard InChI is InChI=1S/C18H25FN2O2/c1-13-4-5-14(12-22)11-21(13)18(23)15-6-7-17(16(19)10-15)20-8-2-3-9-20/h6-7,10,13-14,22H,2-5,8-9,11-12H2,1H3. The number of nitrogens with zero attached hydrogens (tertiary/aromatic N) is 2. The van der Waals surface area contributed by atoms with Gasteiger partial charge in [-0.15, -0.1) is 0 Å². The van der Waals surface area contributed by atoms with Gasteiger partial charge in [0, 0.05) is 37.8 Å². The molecular weight excluding hydrogens is 295 g/mol. The molecule has 0 aromatic heterocycles. The van der Waals surface area contributed by atoms with E-state index < -0.39 is 0 Å². The molecule has 2 unspecified atom stereocenters. The predicted octanol–water partition coefficient (Wildman–Crippen LogP) is 2.66. The lowest BCUT2D eigenvalue weighted by atomic mass is 9.93. The zero-order valence-corrected chi connectivity index (χ0v) is 13.7. The smallest absolute Gasteiger partial charge is 0.254 e. The number of halogens is 1. The average molecular weight is 320 g/mol. The van der Waals surface area contributed by atoms with Gasteiger partial charge in [0.05, 0.1) is 5.69 Å². The Morgan fingerprint density at radius 2 is 2.04 bits per heavy atom. The second kappa shape index (κ2) is 6.87. The van der Waals surface area contributed by atoms with E-state index in [0.717, 1.165) is 38.8 Å². The topological polar surface area (TPSA) is 43.8 Å². The van der Waals surface area contributed by atoms with Crippen LogP contribution in [0.25, 0.3) is 0 Å². The van der Waals surface area contributed by atoms with E-state index >= 15 is 0 Å². The number of piperidine rings is 1. The van der Waals surface area contributed by atoms with Crippen molar-refractivity contribution in [2.24, 2.45) is 5.92 Å². The van der Waals surface area contributed by atoms with Gasteiger partial charge in [0.2, 0.25) is 0 Å². The van der Waals surface area contributed by atoms with Crippen LogP contribution < -0.4 is 4.90 Å². The number of carbonyl (C=O) groups excluding carboxylic acids is 1. The van der Waals surface area contributed by atoms with Gasteiger partial charge in [-0.3, -0.25) is 4.79 Å². The summed E-state index contributed by atoms with van der Waals surface area (Å²) in [6, 6.07) is 4.96. The third-order valence-electron chi connectivity index (χ3n) is 5.14. The van der Waals surface area contributed by atoms with Gasteiger partial charge in [0.1, 0.15) is 5.82 Å². The Hall–Kier alpha value is -1.62. The number of likely N-dealkylation sites (tertiary alicyclic amines) is 1. The van der Waals surface area contributed by atoms with Crippen LogP contribution in [0.15, 0.2) is 18.2 Å². The average Bonchev–Trinajstić information content (AvgIpc) is 3.09. The van der Waals surface area contributed by atoms with Crippen LogP contribution in [-0.2, 0) is 0 Å². The van der Waals surface area contributed by atoms with Gasteiger partial charge < -0.3 is 14.9 Å². The van der Waals surface area contributed by atoms with Gasteiger partial charge in [-0.2, -0.15) is 0 Å². The fraction of sp³-hybridized carbons (Fsp3) is 0.611. The molecule has 0 bridgehead atoms. The molecule has 1 N–H and O–H groups in total. The Bertz CT molecular complexity index is 572. The molecule has 2 aliphatic rings. The van der Waals surface area contributed by atoms with Crippen LogP contribution in [0.2, 0.25) is 0 Å². The summed E-state index contributed by atoms with van der Waals surface area (Å²) in [5, 5.41) is 9.35. The van der Waals surface area contributed by atoms with Gasteiger partial charge in [-0.1, -0.05) is 0 Å². The highest BCUT2D eigenvalue weighted by atomic mass is 19.1. The third kappa shape index (κ3) is 3.34. The zero-order valence-electron chi connectivity index (χ0n) is 13.7. The first kappa shape index (κ1) is 16.2. The van der Waals surface area contributed by atoms with Crippen molar-refractivity contribution in [3.63, 3.8) is 0 Å². The third-order valence-corrected chi connectivity index (χ3v) is 5.14. The van der Waals surface area contributed by atoms with Crippen molar-refractivity contribution in [2.75, 3.05) is 31.1 Å². The van der Waals surface area contributed by atoms with Crippen molar-refractivity contribution >= 4 is 11.6 Å². The zero-order chi connectivity index (χ0) is 16.4. The Balaban J connectivity index is 1.77. The Labute approximate surface area is 136 Å². The molecule has 0 radical (unpaired) electrons. The lowest BCUT2D eigenvalue weighted by Crippen LogP contribution is -2.46. The highest BCUT2D eigenvalue weighted by Crippen LogP contribution is 2.27. The van der Waals surface area contributed by atoms with E-state index in [9.17, 15) is 14.3 Å². The van der Waals surface area contributed by atoms with Crippen molar-refractivity contribution in [2.45, 2.75) is 38.6 Å². The molecular formula is C18H25FN2O2. The highest BCUT2D eigenvalue weighted by Gasteiger charge is 2.29. The summed E-state index contributed by atoms with van der Waals surface area (Å²) >= 11 is 0. The number of aliphatic hydroxyl groups excluding tert-OH is 1. The van der Waals surface area contributed by atoms with E-state index in [-0.39, 0.29) is 30.3 Å². The summed E-state index contributed by atoms with van der Waals surface area (Å²) in [4.78, 5) is 16.5. The molecule has 3 rings (SSSR count). The van der Waals surface area contributed by atoms with Crippen molar-refractivity contribution in [3.8, 4) is 0 Å². The number of carbonyl (C=O) groups is 1.